The average molecular weight is 197 g/mol. The van der Waals surface area contributed by atoms with Crippen LogP contribution < -0.4 is 4.74 Å². The molecule has 1 unspecified atom stereocenters. The fourth-order valence-electron chi connectivity index (χ4n) is 1.53. The number of ether oxygens (including phenoxy) is 1. The Kier molecular flexibility index (Phi) is 1.81. The SMILES string of the molecule is Cc1cc(Cl)cc2c1OC(=O)C2C. The maximum absolute atomic E-state index is 11.2. The van der Waals surface area contributed by atoms with Crippen LogP contribution in [0.5, 0.6) is 5.75 Å². The monoisotopic (exact) mass is 196 g/mol. The van der Waals surface area contributed by atoms with Crippen molar-refractivity contribution in [3.05, 3.63) is 28.3 Å². The van der Waals surface area contributed by atoms with Crippen LogP contribution in [0.3, 0.4) is 0 Å². The molecule has 0 spiro atoms. The Labute approximate surface area is 81.5 Å². The summed E-state index contributed by atoms with van der Waals surface area (Å²) in [6, 6.07) is 3.59. The first-order chi connectivity index (χ1) is 6.09. The molecule has 0 aliphatic carbocycles. The lowest BCUT2D eigenvalue weighted by atomic mass is 10.0. The molecule has 1 heterocycles. The molecule has 0 N–H and O–H groups in total. The van der Waals surface area contributed by atoms with Gasteiger partial charge < -0.3 is 4.74 Å². The summed E-state index contributed by atoms with van der Waals surface area (Å²) in [4.78, 5) is 11.2. The highest BCUT2D eigenvalue weighted by molar-refractivity contribution is 6.30. The van der Waals surface area contributed by atoms with E-state index in [0.29, 0.717) is 10.8 Å². The molecule has 0 amide bonds. The van der Waals surface area contributed by atoms with Gasteiger partial charge in [-0.2, -0.15) is 0 Å². The third-order valence-electron chi connectivity index (χ3n) is 2.29. The summed E-state index contributed by atoms with van der Waals surface area (Å²) >= 11 is 5.87. The predicted molar refractivity (Wildman–Crippen MR) is 50.2 cm³/mol. The molecule has 0 saturated carbocycles. The zero-order chi connectivity index (χ0) is 9.59. The van der Waals surface area contributed by atoms with Crippen molar-refractivity contribution >= 4 is 17.6 Å². The molecule has 1 aliphatic rings. The minimum Gasteiger partial charge on any atom is -0.425 e. The fourth-order valence-corrected chi connectivity index (χ4v) is 1.81. The van der Waals surface area contributed by atoms with Gasteiger partial charge >= 0.3 is 5.97 Å². The molecular weight excluding hydrogens is 188 g/mol. The van der Waals surface area contributed by atoms with E-state index < -0.39 is 0 Å². The summed E-state index contributed by atoms with van der Waals surface area (Å²) in [5.41, 5.74) is 1.82. The van der Waals surface area contributed by atoms with Crippen LogP contribution in [0, 0.1) is 6.92 Å². The third-order valence-corrected chi connectivity index (χ3v) is 2.51. The number of hydrogen-bond acceptors (Lipinski definition) is 2. The highest BCUT2D eigenvalue weighted by Gasteiger charge is 2.30. The van der Waals surface area contributed by atoms with Crippen molar-refractivity contribution < 1.29 is 9.53 Å². The van der Waals surface area contributed by atoms with Crippen molar-refractivity contribution in [1.29, 1.82) is 0 Å². The van der Waals surface area contributed by atoms with E-state index in [0.717, 1.165) is 11.1 Å². The molecule has 2 rings (SSSR count). The number of carbonyl (C=O) groups is 1. The number of halogens is 1. The summed E-state index contributed by atoms with van der Waals surface area (Å²) in [6.07, 6.45) is 0. The first-order valence-corrected chi connectivity index (χ1v) is 4.49. The Balaban J connectivity index is 2.63. The van der Waals surface area contributed by atoms with E-state index in [1.54, 1.807) is 12.1 Å². The molecular formula is C10H9ClO2. The number of hydrogen-bond donors (Lipinski definition) is 0. The fraction of sp³-hybridized carbons (Fsp3) is 0.300. The number of aryl methyl sites for hydroxylation is 1. The van der Waals surface area contributed by atoms with E-state index in [4.69, 9.17) is 16.3 Å². The van der Waals surface area contributed by atoms with Gasteiger partial charge in [0.15, 0.2) is 0 Å². The first-order valence-electron chi connectivity index (χ1n) is 4.11. The molecule has 1 aromatic rings. The second-order valence-electron chi connectivity index (χ2n) is 3.28. The largest absolute Gasteiger partial charge is 0.425 e. The second-order valence-corrected chi connectivity index (χ2v) is 3.72. The lowest BCUT2D eigenvalue weighted by Gasteiger charge is -2.02. The van der Waals surface area contributed by atoms with Crippen LogP contribution in [-0.4, -0.2) is 5.97 Å². The minimum absolute atomic E-state index is 0.188. The first kappa shape index (κ1) is 8.57. The molecule has 1 aliphatic heterocycles. The number of fused-ring (bicyclic) bond motifs is 1. The molecule has 0 bridgehead atoms. The van der Waals surface area contributed by atoms with E-state index in [9.17, 15) is 4.79 Å². The lowest BCUT2D eigenvalue weighted by molar-refractivity contribution is -0.133. The summed E-state index contributed by atoms with van der Waals surface area (Å²) in [5, 5.41) is 0.654. The van der Waals surface area contributed by atoms with E-state index in [1.807, 2.05) is 13.8 Å². The van der Waals surface area contributed by atoms with Crippen molar-refractivity contribution in [2.24, 2.45) is 0 Å². The normalized spacial score (nSPS) is 19.9. The molecule has 1 atom stereocenters. The summed E-state index contributed by atoms with van der Waals surface area (Å²) in [7, 11) is 0. The zero-order valence-electron chi connectivity index (χ0n) is 7.43. The van der Waals surface area contributed by atoms with Crippen molar-refractivity contribution in [2.75, 3.05) is 0 Å². The quantitative estimate of drug-likeness (QED) is 0.471. The Morgan fingerprint density at radius 3 is 2.85 bits per heavy atom. The topological polar surface area (TPSA) is 26.3 Å². The van der Waals surface area contributed by atoms with Gasteiger partial charge in [0.2, 0.25) is 0 Å². The van der Waals surface area contributed by atoms with Crippen molar-refractivity contribution in [1.82, 2.24) is 0 Å². The molecule has 0 fully saturated rings. The van der Waals surface area contributed by atoms with Gasteiger partial charge in [0.1, 0.15) is 5.75 Å². The van der Waals surface area contributed by atoms with Crippen molar-refractivity contribution in [2.45, 2.75) is 19.8 Å². The van der Waals surface area contributed by atoms with E-state index in [1.165, 1.54) is 0 Å². The number of rotatable bonds is 0. The van der Waals surface area contributed by atoms with Gasteiger partial charge in [0.25, 0.3) is 0 Å². The predicted octanol–water partition coefficient (Wildman–Crippen LogP) is 2.67. The smallest absolute Gasteiger partial charge is 0.318 e. The van der Waals surface area contributed by atoms with E-state index in [-0.39, 0.29) is 11.9 Å². The van der Waals surface area contributed by atoms with Gasteiger partial charge in [-0.3, -0.25) is 4.79 Å². The highest BCUT2D eigenvalue weighted by atomic mass is 35.5. The number of esters is 1. The van der Waals surface area contributed by atoms with Crippen molar-refractivity contribution in [3.8, 4) is 5.75 Å². The molecule has 68 valence electrons. The molecule has 1 aromatic carbocycles. The van der Waals surface area contributed by atoms with Gasteiger partial charge in [0, 0.05) is 10.6 Å². The highest BCUT2D eigenvalue weighted by Crippen LogP contribution is 2.38. The van der Waals surface area contributed by atoms with Crippen LogP contribution in [0.15, 0.2) is 12.1 Å². The Morgan fingerprint density at radius 1 is 1.46 bits per heavy atom. The molecule has 0 aromatic heterocycles. The average Bonchev–Trinajstić information content (AvgIpc) is 2.32. The number of carbonyl (C=O) groups excluding carboxylic acids is 1. The second kappa shape index (κ2) is 2.74. The maximum atomic E-state index is 11.2. The Hall–Kier alpha value is -1.02. The zero-order valence-corrected chi connectivity index (χ0v) is 8.18. The lowest BCUT2D eigenvalue weighted by Crippen LogP contribution is -2.05. The standard InChI is InChI=1S/C10H9ClO2/c1-5-3-7(11)4-8-6(2)10(12)13-9(5)8/h3-4,6H,1-2H3. The molecule has 3 heteroatoms. The van der Waals surface area contributed by atoms with Crippen LogP contribution >= 0.6 is 11.6 Å². The maximum Gasteiger partial charge on any atom is 0.318 e. The van der Waals surface area contributed by atoms with Crippen LogP contribution in [-0.2, 0) is 4.79 Å². The van der Waals surface area contributed by atoms with E-state index in [2.05, 4.69) is 0 Å². The van der Waals surface area contributed by atoms with Gasteiger partial charge in [-0.25, -0.2) is 0 Å². The third kappa shape index (κ3) is 1.22. The summed E-state index contributed by atoms with van der Waals surface area (Å²) < 4.78 is 5.11. The Morgan fingerprint density at radius 2 is 2.15 bits per heavy atom. The summed E-state index contributed by atoms with van der Waals surface area (Å²) in [5.74, 6) is 0.301. The molecule has 0 saturated heterocycles. The van der Waals surface area contributed by atoms with Gasteiger partial charge in [0.05, 0.1) is 5.92 Å². The van der Waals surface area contributed by atoms with Gasteiger partial charge in [-0.15, -0.1) is 0 Å². The van der Waals surface area contributed by atoms with Crippen LogP contribution in [0.4, 0.5) is 0 Å². The Bertz CT molecular complexity index is 385. The molecule has 0 radical (unpaired) electrons. The molecule has 13 heavy (non-hydrogen) atoms. The molecule has 2 nitrogen and oxygen atoms in total. The van der Waals surface area contributed by atoms with Crippen LogP contribution in [0.2, 0.25) is 5.02 Å². The van der Waals surface area contributed by atoms with Crippen molar-refractivity contribution in [3.63, 3.8) is 0 Å². The summed E-state index contributed by atoms with van der Waals surface area (Å²) in [6.45, 7) is 3.71. The van der Waals surface area contributed by atoms with Gasteiger partial charge in [-0.05, 0) is 31.5 Å². The van der Waals surface area contributed by atoms with Gasteiger partial charge in [-0.1, -0.05) is 11.6 Å². The van der Waals surface area contributed by atoms with E-state index >= 15 is 0 Å². The van der Waals surface area contributed by atoms with Crippen LogP contribution in [0.1, 0.15) is 24.0 Å². The van der Waals surface area contributed by atoms with Crippen LogP contribution in [0.25, 0.3) is 0 Å². The number of benzene rings is 1. The minimum atomic E-state index is -0.194.